The van der Waals surface area contributed by atoms with Gasteiger partial charge in [0.1, 0.15) is 0 Å². The summed E-state index contributed by atoms with van der Waals surface area (Å²) in [5, 5.41) is 11.4. The van der Waals surface area contributed by atoms with Crippen LogP contribution in [0.15, 0.2) is 18.2 Å². The van der Waals surface area contributed by atoms with Crippen molar-refractivity contribution >= 4 is 40.3 Å². The Kier molecular flexibility index (Phi) is 4.73. The second-order valence-corrected chi connectivity index (χ2v) is 4.82. The average molecular weight is 349 g/mol. The maximum absolute atomic E-state index is 11.4. The number of carbonyl (C=O) groups is 2. The Morgan fingerprint density at radius 3 is 2.59 bits per heavy atom. The Balaban J connectivity index is 2.91. The molecule has 1 rings (SSSR count). The van der Waals surface area contributed by atoms with Gasteiger partial charge >= 0.3 is 12.1 Å². The Bertz CT molecular complexity index is 445. The molecule has 0 spiro atoms. The quantitative estimate of drug-likeness (QED) is 0.823. The molecule has 0 saturated carbocycles. The predicted octanol–water partition coefficient (Wildman–Crippen LogP) is 2.95. The Morgan fingerprint density at radius 2 is 2.06 bits per heavy atom. The molecule has 1 amide bonds. The van der Waals surface area contributed by atoms with E-state index >= 15 is 0 Å². The molecule has 0 aromatic heterocycles. The number of rotatable bonds is 3. The van der Waals surface area contributed by atoms with Crippen LogP contribution < -0.4 is 5.32 Å². The zero-order chi connectivity index (χ0) is 13.0. The summed E-state index contributed by atoms with van der Waals surface area (Å²) in [5.41, 5.74) is 0.265. The van der Waals surface area contributed by atoms with E-state index in [-0.39, 0.29) is 17.4 Å². The minimum absolute atomic E-state index is 0.0395. The molecule has 0 aliphatic rings. The van der Waals surface area contributed by atoms with Crippen LogP contribution in [0.5, 0.6) is 0 Å². The van der Waals surface area contributed by atoms with Crippen molar-refractivity contribution < 1.29 is 19.4 Å². The smallest absolute Gasteiger partial charge is 0.411 e. The number of benzene rings is 1. The van der Waals surface area contributed by atoms with Crippen molar-refractivity contribution in [1.29, 1.82) is 0 Å². The van der Waals surface area contributed by atoms with Crippen molar-refractivity contribution in [3.63, 3.8) is 0 Å². The lowest BCUT2D eigenvalue weighted by atomic mass is 10.2. The van der Waals surface area contributed by atoms with Gasteiger partial charge in [0.2, 0.25) is 0 Å². The maximum Gasteiger partial charge on any atom is 0.411 e. The lowest BCUT2D eigenvalue weighted by Gasteiger charge is -2.11. The standard InChI is InChI=1S/C11H12INO4/c1-6(2)17-11(16)13-9-4-3-7(12)5-8(9)10(14)15/h3-6H,1-2H3,(H,13,16)(H,14,15). The summed E-state index contributed by atoms with van der Waals surface area (Å²) in [6, 6.07) is 4.72. The van der Waals surface area contributed by atoms with Crippen LogP contribution >= 0.6 is 22.6 Å². The van der Waals surface area contributed by atoms with Gasteiger partial charge in [0, 0.05) is 3.57 Å². The molecule has 0 heterocycles. The monoisotopic (exact) mass is 349 g/mol. The van der Waals surface area contributed by atoms with Gasteiger partial charge in [0.05, 0.1) is 17.4 Å². The van der Waals surface area contributed by atoms with E-state index in [9.17, 15) is 9.59 Å². The van der Waals surface area contributed by atoms with Crippen molar-refractivity contribution in [3.05, 3.63) is 27.3 Å². The SMILES string of the molecule is CC(C)OC(=O)Nc1ccc(I)cc1C(=O)O. The van der Waals surface area contributed by atoms with Crippen LogP contribution in [-0.4, -0.2) is 23.3 Å². The summed E-state index contributed by atoms with van der Waals surface area (Å²) in [6.07, 6.45) is -0.921. The molecule has 0 bridgehead atoms. The maximum atomic E-state index is 11.4. The number of carbonyl (C=O) groups excluding carboxylic acids is 1. The van der Waals surface area contributed by atoms with Gasteiger partial charge in [-0.05, 0) is 54.6 Å². The Morgan fingerprint density at radius 1 is 1.41 bits per heavy atom. The highest BCUT2D eigenvalue weighted by Crippen LogP contribution is 2.19. The molecular weight excluding hydrogens is 337 g/mol. The third kappa shape index (κ3) is 4.22. The second kappa shape index (κ2) is 5.85. The van der Waals surface area contributed by atoms with Crippen molar-refractivity contribution in [1.82, 2.24) is 0 Å². The van der Waals surface area contributed by atoms with Crippen molar-refractivity contribution in [2.75, 3.05) is 5.32 Å². The van der Waals surface area contributed by atoms with Gasteiger partial charge in [-0.1, -0.05) is 0 Å². The van der Waals surface area contributed by atoms with E-state index in [0.717, 1.165) is 3.57 Å². The van der Waals surface area contributed by atoms with Gasteiger partial charge in [-0.3, -0.25) is 5.32 Å². The third-order valence-electron chi connectivity index (χ3n) is 1.79. The number of carboxylic acids is 1. The molecule has 6 heteroatoms. The first-order chi connectivity index (χ1) is 7.90. The summed E-state index contributed by atoms with van der Waals surface area (Å²) in [4.78, 5) is 22.3. The fourth-order valence-electron chi connectivity index (χ4n) is 1.16. The molecule has 0 unspecified atom stereocenters. The van der Waals surface area contributed by atoms with Crippen LogP contribution in [0, 0.1) is 3.57 Å². The highest BCUT2D eigenvalue weighted by Gasteiger charge is 2.14. The van der Waals surface area contributed by atoms with E-state index in [0.29, 0.717) is 0 Å². The van der Waals surface area contributed by atoms with Gasteiger partial charge in [0.15, 0.2) is 0 Å². The number of aromatic carboxylic acids is 1. The van der Waals surface area contributed by atoms with Crippen molar-refractivity contribution in [2.24, 2.45) is 0 Å². The summed E-state index contributed by atoms with van der Waals surface area (Å²) < 4.78 is 5.65. The molecule has 0 fully saturated rings. The first kappa shape index (κ1) is 13.8. The summed E-state index contributed by atoms with van der Waals surface area (Å²) in [5.74, 6) is -1.09. The topological polar surface area (TPSA) is 75.6 Å². The van der Waals surface area contributed by atoms with Crippen LogP contribution in [-0.2, 0) is 4.74 Å². The van der Waals surface area contributed by atoms with Crippen LogP contribution in [0.3, 0.4) is 0 Å². The van der Waals surface area contributed by atoms with E-state index in [1.807, 2.05) is 22.6 Å². The molecule has 1 aromatic rings. The number of anilines is 1. The van der Waals surface area contributed by atoms with E-state index in [2.05, 4.69) is 5.32 Å². The summed E-state index contributed by atoms with van der Waals surface area (Å²) >= 11 is 2.00. The van der Waals surface area contributed by atoms with Crippen molar-refractivity contribution in [3.8, 4) is 0 Å². The number of nitrogens with one attached hydrogen (secondary N) is 1. The third-order valence-corrected chi connectivity index (χ3v) is 2.46. The van der Waals surface area contributed by atoms with Gasteiger partial charge < -0.3 is 9.84 Å². The van der Waals surface area contributed by atoms with E-state index in [1.165, 1.54) is 12.1 Å². The fourth-order valence-corrected chi connectivity index (χ4v) is 1.65. The number of amides is 1. The summed E-state index contributed by atoms with van der Waals surface area (Å²) in [7, 11) is 0. The number of hydrogen-bond acceptors (Lipinski definition) is 3. The van der Waals surface area contributed by atoms with Gasteiger partial charge in [-0.25, -0.2) is 9.59 Å². The molecule has 0 saturated heterocycles. The lowest BCUT2D eigenvalue weighted by molar-refractivity contribution is 0.0698. The molecule has 0 aliphatic heterocycles. The molecule has 2 N–H and O–H groups in total. The van der Waals surface area contributed by atoms with Gasteiger partial charge in [-0.2, -0.15) is 0 Å². The number of carboxylic acid groups (broad SMARTS) is 1. The molecule has 92 valence electrons. The highest BCUT2D eigenvalue weighted by molar-refractivity contribution is 14.1. The molecule has 17 heavy (non-hydrogen) atoms. The Hall–Kier alpha value is -1.31. The predicted molar refractivity (Wildman–Crippen MR) is 71.4 cm³/mol. The largest absolute Gasteiger partial charge is 0.478 e. The van der Waals surface area contributed by atoms with E-state index in [4.69, 9.17) is 9.84 Å². The second-order valence-electron chi connectivity index (χ2n) is 3.57. The number of ether oxygens (including phenoxy) is 1. The van der Waals surface area contributed by atoms with Crippen LogP contribution in [0.1, 0.15) is 24.2 Å². The Labute approximate surface area is 112 Å². The molecule has 0 aliphatic carbocycles. The highest BCUT2D eigenvalue weighted by atomic mass is 127. The number of halogens is 1. The summed E-state index contributed by atoms with van der Waals surface area (Å²) in [6.45, 7) is 3.43. The molecule has 0 atom stereocenters. The van der Waals surface area contributed by atoms with E-state index in [1.54, 1.807) is 19.9 Å². The molecule has 1 aromatic carbocycles. The van der Waals surface area contributed by atoms with Crippen LogP contribution in [0.2, 0.25) is 0 Å². The zero-order valence-electron chi connectivity index (χ0n) is 9.36. The minimum Gasteiger partial charge on any atom is -0.478 e. The van der Waals surface area contributed by atoms with Gasteiger partial charge in [-0.15, -0.1) is 0 Å². The van der Waals surface area contributed by atoms with Crippen LogP contribution in [0.25, 0.3) is 0 Å². The lowest BCUT2D eigenvalue weighted by Crippen LogP contribution is -2.19. The zero-order valence-corrected chi connectivity index (χ0v) is 11.5. The molecule has 0 radical (unpaired) electrons. The molecular formula is C11H12INO4. The van der Waals surface area contributed by atoms with Gasteiger partial charge in [0.25, 0.3) is 0 Å². The fraction of sp³-hybridized carbons (Fsp3) is 0.273. The first-order valence-electron chi connectivity index (χ1n) is 4.90. The average Bonchev–Trinajstić information content (AvgIpc) is 2.19. The molecule has 5 nitrogen and oxygen atoms in total. The normalized spacial score (nSPS) is 10.1. The van der Waals surface area contributed by atoms with E-state index < -0.39 is 12.1 Å². The minimum atomic E-state index is -1.09. The van der Waals surface area contributed by atoms with Crippen LogP contribution in [0.4, 0.5) is 10.5 Å². The number of hydrogen-bond donors (Lipinski definition) is 2. The first-order valence-corrected chi connectivity index (χ1v) is 5.98. The van der Waals surface area contributed by atoms with Crippen molar-refractivity contribution in [2.45, 2.75) is 20.0 Å².